The molecule has 1 aliphatic heterocycles. The molecular weight excluding hydrogens is 377 g/mol. The third kappa shape index (κ3) is 4.69. The molecule has 28 heavy (non-hydrogen) atoms. The van der Waals surface area contributed by atoms with Crippen molar-refractivity contribution >= 4 is 17.5 Å². The van der Waals surface area contributed by atoms with E-state index in [-0.39, 0.29) is 24.6 Å². The lowest BCUT2D eigenvalue weighted by Gasteiger charge is -2.27. The summed E-state index contributed by atoms with van der Waals surface area (Å²) in [5, 5.41) is 12.1. The summed E-state index contributed by atoms with van der Waals surface area (Å²) < 4.78 is 41.1. The van der Waals surface area contributed by atoms with Crippen LogP contribution in [0.2, 0.25) is 0 Å². The van der Waals surface area contributed by atoms with Crippen molar-refractivity contribution in [2.75, 3.05) is 29.9 Å². The number of nitrogens with zero attached hydrogens (tertiary/aromatic N) is 3. The minimum Gasteiger partial charge on any atom is -0.406 e. The predicted molar refractivity (Wildman–Crippen MR) is 94.8 cm³/mol. The van der Waals surface area contributed by atoms with Gasteiger partial charge in [-0.15, -0.1) is 13.2 Å². The number of aliphatic hydroxyl groups excluding tert-OH is 1. The van der Waals surface area contributed by atoms with Gasteiger partial charge in [0.05, 0.1) is 5.41 Å². The molecule has 0 saturated carbocycles. The van der Waals surface area contributed by atoms with Gasteiger partial charge in [0.25, 0.3) is 0 Å². The normalized spacial score (nSPS) is 19.5. The van der Waals surface area contributed by atoms with Crippen LogP contribution in [0.3, 0.4) is 0 Å². The number of hydrogen-bond donors (Lipinski definition) is 2. The summed E-state index contributed by atoms with van der Waals surface area (Å²) in [6, 6.07) is 6.76. The number of hydrogen-bond acceptors (Lipinski definition) is 6. The van der Waals surface area contributed by atoms with Crippen molar-refractivity contribution in [2.45, 2.75) is 19.2 Å². The highest BCUT2D eigenvalue weighted by atomic mass is 19.4. The molecule has 0 spiro atoms. The zero-order chi connectivity index (χ0) is 20.2. The number of aliphatic hydroxyl groups is 1. The van der Waals surface area contributed by atoms with E-state index in [1.54, 1.807) is 18.5 Å². The zero-order valence-corrected chi connectivity index (χ0v) is 14.8. The number of carbonyl (C=O) groups is 1. The maximum absolute atomic E-state index is 12.9. The molecule has 0 aliphatic carbocycles. The van der Waals surface area contributed by atoms with E-state index in [4.69, 9.17) is 0 Å². The summed E-state index contributed by atoms with van der Waals surface area (Å²) in [6.07, 6.45) is -0.957. The van der Waals surface area contributed by atoms with Gasteiger partial charge in [-0.25, -0.2) is 9.97 Å². The number of benzene rings is 1. The monoisotopic (exact) mass is 396 g/mol. The lowest BCUT2D eigenvalue weighted by molar-refractivity contribution is -0.274. The number of ether oxygens (including phenoxy) is 1. The molecule has 2 heterocycles. The molecular formula is C18H19F3N4O3. The van der Waals surface area contributed by atoms with Crippen molar-refractivity contribution in [1.82, 2.24) is 9.97 Å². The zero-order valence-electron chi connectivity index (χ0n) is 14.8. The minimum absolute atomic E-state index is 0.179. The SMILES string of the molecule is O=C(Nc1cccc(OC(F)(F)F)c1)C1(CCO)CCN(c2ncccn2)C1. The van der Waals surface area contributed by atoms with Gasteiger partial charge in [-0.2, -0.15) is 0 Å². The first-order valence-electron chi connectivity index (χ1n) is 8.61. The highest BCUT2D eigenvalue weighted by Gasteiger charge is 2.45. The predicted octanol–water partition coefficient (Wildman–Crippen LogP) is 2.59. The van der Waals surface area contributed by atoms with Crippen molar-refractivity contribution in [3.63, 3.8) is 0 Å². The van der Waals surface area contributed by atoms with Gasteiger partial charge in [-0.1, -0.05) is 6.07 Å². The fourth-order valence-corrected chi connectivity index (χ4v) is 3.25. The van der Waals surface area contributed by atoms with Crippen molar-refractivity contribution in [3.05, 3.63) is 42.7 Å². The van der Waals surface area contributed by atoms with E-state index in [0.717, 1.165) is 12.1 Å². The molecule has 10 heteroatoms. The average molecular weight is 396 g/mol. The fourth-order valence-electron chi connectivity index (χ4n) is 3.25. The van der Waals surface area contributed by atoms with E-state index in [1.165, 1.54) is 12.1 Å². The molecule has 1 amide bonds. The molecule has 3 rings (SSSR count). The summed E-state index contributed by atoms with van der Waals surface area (Å²) in [7, 11) is 0. The third-order valence-corrected chi connectivity index (χ3v) is 4.59. The molecule has 1 aliphatic rings. The second-order valence-corrected chi connectivity index (χ2v) is 6.50. The highest BCUT2D eigenvalue weighted by Crippen LogP contribution is 2.37. The van der Waals surface area contributed by atoms with Crippen LogP contribution in [0.1, 0.15) is 12.8 Å². The number of aromatic nitrogens is 2. The van der Waals surface area contributed by atoms with Crippen molar-refractivity contribution in [1.29, 1.82) is 0 Å². The molecule has 1 aromatic heterocycles. The Balaban J connectivity index is 1.75. The minimum atomic E-state index is -4.82. The Labute approximate surface area is 159 Å². The second-order valence-electron chi connectivity index (χ2n) is 6.50. The fraction of sp³-hybridized carbons (Fsp3) is 0.389. The Hall–Kier alpha value is -2.88. The highest BCUT2D eigenvalue weighted by molar-refractivity contribution is 5.96. The first-order chi connectivity index (χ1) is 13.3. The van der Waals surface area contributed by atoms with Crippen molar-refractivity contribution < 1.29 is 27.8 Å². The molecule has 1 aromatic carbocycles. The lowest BCUT2D eigenvalue weighted by Crippen LogP contribution is -2.40. The van der Waals surface area contributed by atoms with Crippen LogP contribution in [-0.4, -0.2) is 47.0 Å². The van der Waals surface area contributed by atoms with Crippen LogP contribution in [-0.2, 0) is 4.79 Å². The number of rotatable bonds is 6. The molecule has 1 unspecified atom stereocenters. The van der Waals surface area contributed by atoms with E-state index in [9.17, 15) is 23.1 Å². The first kappa shape index (κ1) is 19.9. The van der Waals surface area contributed by atoms with E-state index in [2.05, 4.69) is 20.0 Å². The van der Waals surface area contributed by atoms with Crippen LogP contribution in [0.15, 0.2) is 42.7 Å². The number of amides is 1. The van der Waals surface area contributed by atoms with Crippen LogP contribution < -0.4 is 15.0 Å². The molecule has 1 fully saturated rings. The van der Waals surface area contributed by atoms with Crippen LogP contribution >= 0.6 is 0 Å². The Morgan fingerprint density at radius 2 is 2.04 bits per heavy atom. The van der Waals surface area contributed by atoms with E-state index in [1.807, 2.05) is 4.90 Å². The standard InChI is InChI=1S/C18H19F3N4O3/c19-18(20,21)28-14-4-1-3-13(11-14)24-15(27)17(6-10-26)5-9-25(12-17)16-22-7-2-8-23-16/h1-4,7-8,11,26H,5-6,9-10,12H2,(H,24,27). The summed E-state index contributed by atoms with van der Waals surface area (Å²) >= 11 is 0. The van der Waals surface area contributed by atoms with Gasteiger partial charge in [0.1, 0.15) is 5.75 Å². The summed E-state index contributed by atoms with van der Waals surface area (Å²) in [4.78, 5) is 23.1. The largest absolute Gasteiger partial charge is 0.573 e. The van der Waals surface area contributed by atoms with E-state index >= 15 is 0 Å². The van der Waals surface area contributed by atoms with Crippen LogP contribution in [0, 0.1) is 5.41 Å². The molecule has 150 valence electrons. The maximum atomic E-state index is 12.9. The molecule has 7 nitrogen and oxygen atoms in total. The van der Waals surface area contributed by atoms with E-state index < -0.39 is 17.5 Å². The van der Waals surface area contributed by atoms with Crippen LogP contribution in [0.4, 0.5) is 24.8 Å². The van der Waals surface area contributed by atoms with Crippen molar-refractivity contribution in [2.24, 2.45) is 5.41 Å². The van der Waals surface area contributed by atoms with Gasteiger partial charge in [-0.05, 0) is 31.0 Å². The molecule has 1 atom stereocenters. The van der Waals surface area contributed by atoms with Gasteiger partial charge >= 0.3 is 6.36 Å². The van der Waals surface area contributed by atoms with E-state index in [0.29, 0.717) is 25.5 Å². The number of carbonyl (C=O) groups excluding carboxylic acids is 1. The average Bonchev–Trinajstić information content (AvgIpc) is 3.07. The van der Waals surface area contributed by atoms with Crippen LogP contribution in [0.5, 0.6) is 5.75 Å². The Morgan fingerprint density at radius 1 is 1.29 bits per heavy atom. The summed E-state index contributed by atoms with van der Waals surface area (Å²) in [6.45, 7) is 0.616. The molecule has 0 radical (unpaired) electrons. The quantitative estimate of drug-likeness (QED) is 0.781. The van der Waals surface area contributed by atoms with Gasteiger partial charge in [0.15, 0.2) is 0 Å². The topological polar surface area (TPSA) is 87.6 Å². The summed E-state index contributed by atoms with van der Waals surface area (Å²) in [5.74, 6) is -0.327. The number of nitrogens with one attached hydrogen (secondary N) is 1. The van der Waals surface area contributed by atoms with Crippen LogP contribution in [0.25, 0.3) is 0 Å². The second kappa shape index (κ2) is 8.01. The van der Waals surface area contributed by atoms with Gasteiger partial charge in [0, 0.05) is 43.8 Å². The smallest absolute Gasteiger partial charge is 0.406 e. The van der Waals surface area contributed by atoms with Gasteiger partial charge in [-0.3, -0.25) is 4.79 Å². The van der Waals surface area contributed by atoms with Gasteiger partial charge < -0.3 is 20.1 Å². The van der Waals surface area contributed by atoms with Gasteiger partial charge in [0.2, 0.25) is 11.9 Å². The molecule has 0 bridgehead atoms. The summed E-state index contributed by atoms with van der Waals surface area (Å²) in [5.41, 5.74) is -0.729. The van der Waals surface area contributed by atoms with Crippen molar-refractivity contribution in [3.8, 4) is 5.75 Å². The Bertz CT molecular complexity index is 819. The number of anilines is 2. The third-order valence-electron chi connectivity index (χ3n) is 4.59. The maximum Gasteiger partial charge on any atom is 0.573 e. The lowest BCUT2D eigenvalue weighted by atomic mass is 9.82. The Morgan fingerprint density at radius 3 is 2.71 bits per heavy atom. The number of halogens is 3. The molecule has 1 saturated heterocycles. The number of alkyl halides is 3. The Kier molecular flexibility index (Phi) is 5.68. The first-order valence-corrected chi connectivity index (χ1v) is 8.61. The molecule has 2 aromatic rings. The molecule has 2 N–H and O–H groups in total.